The molecule has 1 aromatic rings. The van der Waals surface area contributed by atoms with Crippen molar-refractivity contribution in [2.75, 3.05) is 6.26 Å². The second kappa shape index (κ2) is 4.89. The third-order valence-electron chi connectivity index (χ3n) is 1.67. The molecule has 0 unspecified atom stereocenters. The van der Waals surface area contributed by atoms with E-state index in [1.165, 1.54) is 0 Å². The molecule has 0 bridgehead atoms. The number of thioether (sulfide) groups is 1. The Balaban J connectivity index is 2.81. The van der Waals surface area contributed by atoms with Crippen molar-refractivity contribution in [1.82, 2.24) is 5.48 Å². The number of rotatable bonds is 3. The molecule has 4 heteroatoms. The Bertz CT molecular complexity index is 301. The van der Waals surface area contributed by atoms with Crippen molar-refractivity contribution in [2.24, 2.45) is 0 Å². The Kier molecular flexibility index (Phi) is 3.79. The highest BCUT2D eigenvalue weighted by atomic mass is 32.2. The van der Waals surface area contributed by atoms with E-state index in [0.29, 0.717) is 0 Å². The molecule has 0 heterocycles. The van der Waals surface area contributed by atoms with Gasteiger partial charge in [0.15, 0.2) is 0 Å². The van der Waals surface area contributed by atoms with Crippen molar-refractivity contribution in [3.63, 3.8) is 0 Å². The van der Waals surface area contributed by atoms with Gasteiger partial charge < -0.3 is 0 Å². The third kappa shape index (κ3) is 2.75. The second-order valence-corrected chi connectivity index (χ2v) is 3.37. The first-order valence-corrected chi connectivity index (χ1v) is 5.05. The standard InChI is InChI=1S/C9H11NO2S/c1-13-8-5-3-2-4-7(8)6-9(11)10-12/h2-5,12H,6H2,1H3,(H,10,11). The largest absolute Gasteiger partial charge is 0.289 e. The molecule has 0 spiro atoms. The SMILES string of the molecule is CSc1ccccc1CC(=O)NO. The molecule has 0 saturated heterocycles. The third-order valence-corrected chi connectivity index (χ3v) is 2.51. The minimum absolute atomic E-state index is 0.216. The van der Waals surface area contributed by atoms with Crippen LogP contribution in [0.2, 0.25) is 0 Å². The van der Waals surface area contributed by atoms with Crippen LogP contribution in [0.15, 0.2) is 29.2 Å². The summed E-state index contributed by atoms with van der Waals surface area (Å²) in [6.45, 7) is 0. The van der Waals surface area contributed by atoms with Crippen LogP contribution in [0.5, 0.6) is 0 Å². The van der Waals surface area contributed by atoms with E-state index < -0.39 is 0 Å². The molecule has 0 fully saturated rings. The Morgan fingerprint density at radius 1 is 1.54 bits per heavy atom. The second-order valence-electron chi connectivity index (χ2n) is 2.52. The first-order valence-electron chi connectivity index (χ1n) is 3.82. The summed E-state index contributed by atoms with van der Waals surface area (Å²) in [5.74, 6) is -0.387. The fraction of sp³-hybridized carbons (Fsp3) is 0.222. The van der Waals surface area contributed by atoms with Gasteiger partial charge in [0.25, 0.3) is 0 Å². The van der Waals surface area contributed by atoms with Gasteiger partial charge in [-0.05, 0) is 17.9 Å². The lowest BCUT2D eigenvalue weighted by Crippen LogP contribution is -2.20. The molecule has 0 saturated carbocycles. The normalized spacial score (nSPS) is 9.69. The number of carbonyl (C=O) groups excluding carboxylic acids is 1. The van der Waals surface area contributed by atoms with Crippen LogP contribution in [0.1, 0.15) is 5.56 Å². The monoisotopic (exact) mass is 197 g/mol. The number of benzene rings is 1. The van der Waals surface area contributed by atoms with Gasteiger partial charge >= 0.3 is 0 Å². The van der Waals surface area contributed by atoms with Gasteiger partial charge in [-0.3, -0.25) is 10.0 Å². The highest BCUT2D eigenvalue weighted by Gasteiger charge is 2.05. The molecule has 0 aliphatic carbocycles. The van der Waals surface area contributed by atoms with Crippen LogP contribution in [0.4, 0.5) is 0 Å². The highest BCUT2D eigenvalue weighted by molar-refractivity contribution is 7.98. The Morgan fingerprint density at radius 2 is 2.23 bits per heavy atom. The van der Waals surface area contributed by atoms with E-state index in [0.717, 1.165) is 10.5 Å². The molecular weight excluding hydrogens is 186 g/mol. The molecule has 13 heavy (non-hydrogen) atoms. The number of carbonyl (C=O) groups is 1. The van der Waals surface area contributed by atoms with Gasteiger partial charge in [-0.25, -0.2) is 5.48 Å². The Hall–Kier alpha value is -1.00. The van der Waals surface area contributed by atoms with E-state index >= 15 is 0 Å². The first-order chi connectivity index (χ1) is 6.27. The molecule has 1 aromatic carbocycles. The fourth-order valence-electron chi connectivity index (χ4n) is 1.06. The van der Waals surface area contributed by atoms with Gasteiger partial charge in [0.1, 0.15) is 0 Å². The summed E-state index contributed by atoms with van der Waals surface area (Å²) in [6.07, 6.45) is 2.17. The molecule has 0 atom stereocenters. The van der Waals surface area contributed by atoms with Gasteiger partial charge in [0, 0.05) is 4.90 Å². The van der Waals surface area contributed by atoms with E-state index in [-0.39, 0.29) is 12.3 Å². The lowest BCUT2D eigenvalue weighted by Gasteiger charge is -2.04. The number of nitrogens with one attached hydrogen (secondary N) is 1. The fourth-order valence-corrected chi connectivity index (χ4v) is 1.68. The van der Waals surface area contributed by atoms with Crippen LogP contribution in [0.3, 0.4) is 0 Å². The van der Waals surface area contributed by atoms with E-state index in [1.54, 1.807) is 17.2 Å². The van der Waals surface area contributed by atoms with Gasteiger partial charge in [0.2, 0.25) is 5.91 Å². The average molecular weight is 197 g/mol. The van der Waals surface area contributed by atoms with Gasteiger partial charge in [0.05, 0.1) is 6.42 Å². The summed E-state index contributed by atoms with van der Waals surface area (Å²) in [4.78, 5) is 11.9. The van der Waals surface area contributed by atoms with Crippen LogP contribution < -0.4 is 5.48 Å². The molecule has 2 N–H and O–H groups in total. The molecule has 0 aliphatic rings. The zero-order valence-corrected chi connectivity index (χ0v) is 8.10. The van der Waals surface area contributed by atoms with E-state index in [2.05, 4.69) is 0 Å². The molecule has 1 rings (SSSR count). The topological polar surface area (TPSA) is 49.3 Å². The van der Waals surface area contributed by atoms with Crippen molar-refractivity contribution in [1.29, 1.82) is 0 Å². The number of amides is 1. The van der Waals surface area contributed by atoms with Gasteiger partial charge in [-0.15, -0.1) is 11.8 Å². The van der Waals surface area contributed by atoms with E-state index in [1.807, 2.05) is 30.5 Å². The predicted molar refractivity (Wildman–Crippen MR) is 51.9 cm³/mol. The lowest BCUT2D eigenvalue weighted by atomic mass is 10.1. The molecular formula is C9H11NO2S. The molecule has 1 amide bonds. The number of hydrogen-bond donors (Lipinski definition) is 2. The van der Waals surface area contributed by atoms with Crippen molar-refractivity contribution in [3.8, 4) is 0 Å². The van der Waals surface area contributed by atoms with E-state index in [9.17, 15) is 4.79 Å². The zero-order chi connectivity index (χ0) is 9.68. The maximum absolute atomic E-state index is 10.9. The summed E-state index contributed by atoms with van der Waals surface area (Å²) in [5, 5.41) is 8.35. The summed E-state index contributed by atoms with van der Waals surface area (Å²) in [5.41, 5.74) is 2.55. The van der Waals surface area contributed by atoms with Crippen LogP contribution in [0.25, 0.3) is 0 Å². The molecule has 0 aliphatic heterocycles. The average Bonchev–Trinajstić information content (AvgIpc) is 2.18. The predicted octanol–water partition coefficient (Wildman–Crippen LogP) is 1.46. The van der Waals surface area contributed by atoms with E-state index in [4.69, 9.17) is 5.21 Å². The van der Waals surface area contributed by atoms with Crippen LogP contribution in [-0.2, 0) is 11.2 Å². The van der Waals surface area contributed by atoms with Crippen molar-refractivity contribution in [3.05, 3.63) is 29.8 Å². The molecule has 70 valence electrons. The molecule has 0 aromatic heterocycles. The summed E-state index contributed by atoms with van der Waals surface area (Å²) in [7, 11) is 0. The van der Waals surface area contributed by atoms with Crippen LogP contribution in [0, 0.1) is 0 Å². The minimum Gasteiger partial charge on any atom is -0.289 e. The Morgan fingerprint density at radius 3 is 2.85 bits per heavy atom. The van der Waals surface area contributed by atoms with Gasteiger partial charge in [-0.1, -0.05) is 18.2 Å². The maximum Gasteiger partial charge on any atom is 0.247 e. The highest BCUT2D eigenvalue weighted by Crippen LogP contribution is 2.19. The first kappa shape index (κ1) is 10.1. The molecule has 3 nitrogen and oxygen atoms in total. The minimum atomic E-state index is -0.387. The van der Waals surface area contributed by atoms with Gasteiger partial charge in [-0.2, -0.15) is 0 Å². The van der Waals surface area contributed by atoms with Crippen molar-refractivity contribution < 1.29 is 10.0 Å². The summed E-state index contributed by atoms with van der Waals surface area (Å²) in [6, 6.07) is 7.62. The van der Waals surface area contributed by atoms with Crippen molar-refractivity contribution >= 4 is 17.7 Å². The number of hydroxylamine groups is 1. The number of hydrogen-bond acceptors (Lipinski definition) is 3. The lowest BCUT2D eigenvalue weighted by molar-refractivity contribution is -0.128. The maximum atomic E-state index is 10.9. The zero-order valence-electron chi connectivity index (χ0n) is 7.28. The van der Waals surface area contributed by atoms with Crippen LogP contribution >= 0.6 is 11.8 Å². The quantitative estimate of drug-likeness (QED) is 0.438. The Labute approximate surface area is 81.1 Å². The smallest absolute Gasteiger partial charge is 0.247 e. The summed E-state index contributed by atoms with van der Waals surface area (Å²) >= 11 is 1.59. The van der Waals surface area contributed by atoms with Crippen LogP contribution in [-0.4, -0.2) is 17.4 Å². The summed E-state index contributed by atoms with van der Waals surface area (Å²) < 4.78 is 0. The van der Waals surface area contributed by atoms with Crippen molar-refractivity contribution in [2.45, 2.75) is 11.3 Å². The molecule has 0 radical (unpaired) electrons.